The summed E-state index contributed by atoms with van der Waals surface area (Å²) in [6, 6.07) is 17.0. The standard InChI is InChI=1S/C23H23ClN4O/c1-27(2)23-25-15-19(17-10-6-11-18(24)14-17)21(26-23)20-12-7-13-28(20)22(29)16-8-4-3-5-9-16/h3-6,8-11,14-15,20H,7,12-13H2,1-2H3/t20-/m0/s1. The van der Waals surface area contributed by atoms with Gasteiger partial charge in [-0.05, 0) is 42.7 Å². The predicted octanol–water partition coefficient (Wildman–Crippen LogP) is 4.84. The Hall–Kier alpha value is -2.92. The van der Waals surface area contributed by atoms with E-state index in [4.69, 9.17) is 16.6 Å². The van der Waals surface area contributed by atoms with Crippen LogP contribution in [0.2, 0.25) is 5.02 Å². The van der Waals surface area contributed by atoms with Gasteiger partial charge < -0.3 is 9.80 Å². The number of halogens is 1. The van der Waals surface area contributed by atoms with Gasteiger partial charge in [0, 0.05) is 43.0 Å². The van der Waals surface area contributed by atoms with Crippen LogP contribution < -0.4 is 4.90 Å². The van der Waals surface area contributed by atoms with Gasteiger partial charge in [-0.1, -0.05) is 41.9 Å². The molecule has 2 aromatic carbocycles. The van der Waals surface area contributed by atoms with Crippen molar-refractivity contribution in [2.45, 2.75) is 18.9 Å². The fourth-order valence-corrected chi connectivity index (χ4v) is 3.96. The number of carbonyl (C=O) groups is 1. The monoisotopic (exact) mass is 406 g/mol. The maximum Gasteiger partial charge on any atom is 0.254 e. The summed E-state index contributed by atoms with van der Waals surface area (Å²) in [5.41, 5.74) is 3.44. The second-order valence-corrected chi connectivity index (χ2v) is 7.83. The molecule has 1 fully saturated rings. The van der Waals surface area contributed by atoms with Crippen molar-refractivity contribution >= 4 is 23.5 Å². The number of likely N-dealkylation sites (tertiary alicyclic amines) is 1. The molecule has 0 unspecified atom stereocenters. The molecule has 148 valence electrons. The second kappa shape index (κ2) is 8.21. The van der Waals surface area contributed by atoms with Crippen molar-refractivity contribution in [3.05, 3.63) is 77.1 Å². The number of amides is 1. The molecule has 3 aromatic rings. The molecule has 1 atom stereocenters. The topological polar surface area (TPSA) is 49.3 Å². The van der Waals surface area contributed by atoms with E-state index in [-0.39, 0.29) is 11.9 Å². The Kier molecular flexibility index (Phi) is 5.49. The molecule has 0 saturated carbocycles. The van der Waals surface area contributed by atoms with E-state index in [1.807, 2.05) is 84.7 Å². The quantitative estimate of drug-likeness (QED) is 0.622. The SMILES string of the molecule is CN(C)c1ncc(-c2cccc(Cl)c2)c([C@@H]2CCCN2C(=O)c2ccccc2)n1. The van der Waals surface area contributed by atoms with Gasteiger partial charge in [0.15, 0.2) is 0 Å². The van der Waals surface area contributed by atoms with Crippen molar-refractivity contribution in [3.8, 4) is 11.1 Å². The number of carbonyl (C=O) groups excluding carboxylic acids is 1. The normalized spacial score (nSPS) is 16.1. The summed E-state index contributed by atoms with van der Waals surface area (Å²) in [5.74, 6) is 0.667. The van der Waals surface area contributed by atoms with E-state index in [1.54, 1.807) is 0 Å². The van der Waals surface area contributed by atoms with Gasteiger partial charge in [0.05, 0.1) is 11.7 Å². The molecule has 0 radical (unpaired) electrons. The summed E-state index contributed by atoms with van der Waals surface area (Å²) in [4.78, 5) is 26.4. The van der Waals surface area contributed by atoms with Crippen molar-refractivity contribution in [1.29, 1.82) is 0 Å². The smallest absolute Gasteiger partial charge is 0.254 e. The van der Waals surface area contributed by atoms with Crippen molar-refractivity contribution in [3.63, 3.8) is 0 Å². The number of nitrogens with zero attached hydrogens (tertiary/aromatic N) is 4. The average Bonchev–Trinajstić information content (AvgIpc) is 3.23. The summed E-state index contributed by atoms with van der Waals surface area (Å²) < 4.78 is 0. The maximum absolute atomic E-state index is 13.2. The third-order valence-electron chi connectivity index (χ3n) is 5.19. The highest BCUT2D eigenvalue weighted by molar-refractivity contribution is 6.30. The maximum atomic E-state index is 13.2. The average molecular weight is 407 g/mol. The van der Waals surface area contributed by atoms with E-state index in [0.29, 0.717) is 23.1 Å². The van der Waals surface area contributed by atoms with Crippen molar-refractivity contribution in [2.75, 3.05) is 25.5 Å². The summed E-state index contributed by atoms with van der Waals surface area (Å²) in [5, 5.41) is 0.661. The van der Waals surface area contributed by atoms with Gasteiger partial charge >= 0.3 is 0 Å². The van der Waals surface area contributed by atoms with Crippen LogP contribution in [0.3, 0.4) is 0 Å². The van der Waals surface area contributed by atoms with Crippen LogP contribution in [-0.4, -0.2) is 41.4 Å². The molecular weight excluding hydrogens is 384 g/mol. The Balaban J connectivity index is 1.79. The number of hydrogen-bond donors (Lipinski definition) is 0. The predicted molar refractivity (Wildman–Crippen MR) is 116 cm³/mol. The first-order valence-corrected chi connectivity index (χ1v) is 10.1. The van der Waals surface area contributed by atoms with E-state index < -0.39 is 0 Å². The molecule has 0 N–H and O–H groups in total. The van der Waals surface area contributed by atoms with E-state index in [9.17, 15) is 4.79 Å². The molecule has 4 rings (SSSR count). The lowest BCUT2D eigenvalue weighted by molar-refractivity contribution is 0.0733. The molecule has 1 amide bonds. The van der Waals surface area contributed by atoms with Crippen LogP contribution >= 0.6 is 11.6 Å². The van der Waals surface area contributed by atoms with Crippen LogP contribution in [0.25, 0.3) is 11.1 Å². The van der Waals surface area contributed by atoms with Gasteiger partial charge in [-0.3, -0.25) is 4.79 Å². The zero-order valence-corrected chi connectivity index (χ0v) is 17.3. The highest BCUT2D eigenvalue weighted by atomic mass is 35.5. The first kappa shape index (κ1) is 19.4. The molecule has 1 saturated heterocycles. The highest BCUT2D eigenvalue weighted by Crippen LogP contribution is 2.38. The van der Waals surface area contributed by atoms with Crippen molar-refractivity contribution in [1.82, 2.24) is 14.9 Å². The van der Waals surface area contributed by atoms with E-state index in [2.05, 4.69) is 4.98 Å². The minimum Gasteiger partial charge on any atom is -0.347 e. The molecular formula is C23H23ClN4O. The van der Waals surface area contributed by atoms with Crippen LogP contribution in [0.5, 0.6) is 0 Å². The number of benzene rings is 2. The number of anilines is 1. The van der Waals surface area contributed by atoms with Crippen LogP contribution in [0.15, 0.2) is 60.8 Å². The largest absolute Gasteiger partial charge is 0.347 e. The first-order valence-electron chi connectivity index (χ1n) is 9.71. The Morgan fingerprint density at radius 1 is 1.14 bits per heavy atom. The first-order chi connectivity index (χ1) is 14.0. The zero-order valence-electron chi connectivity index (χ0n) is 16.5. The lowest BCUT2D eigenvalue weighted by Gasteiger charge is -2.27. The summed E-state index contributed by atoms with van der Waals surface area (Å²) in [7, 11) is 3.83. The molecule has 0 aliphatic carbocycles. The minimum absolute atomic E-state index is 0.0372. The Morgan fingerprint density at radius 2 is 1.93 bits per heavy atom. The second-order valence-electron chi connectivity index (χ2n) is 7.40. The van der Waals surface area contributed by atoms with Gasteiger partial charge in [-0.15, -0.1) is 0 Å². The molecule has 2 heterocycles. The summed E-state index contributed by atoms with van der Waals surface area (Å²) in [6.07, 6.45) is 3.66. The molecule has 0 bridgehead atoms. The van der Waals surface area contributed by atoms with Gasteiger partial charge in [-0.25, -0.2) is 9.97 Å². The molecule has 29 heavy (non-hydrogen) atoms. The fourth-order valence-electron chi connectivity index (χ4n) is 3.77. The number of aromatic nitrogens is 2. The van der Waals surface area contributed by atoms with Gasteiger partial charge in [0.25, 0.3) is 5.91 Å². The minimum atomic E-state index is -0.0987. The molecule has 5 nitrogen and oxygen atoms in total. The van der Waals surface area contributed by atoms with Gasteiger partial charge in [-0.2, -0.15) is 0 Å². The third-order valence-corrected chi connectivity index (χ3v) is 5.43. The molecule has 1 aromatic heterocycles. The van der Waals surface area contributed by atoms with Crippen LogP contribution in [-0.2, 0) is 0 Å². The molecule has 1 aliphatic heterocycles. The summed E-state index contributed by atoms with van der Waals surface area (Å²) in [6.45, 7) is 0.717. The van der Waals surface area contributed by atoms with Gasteiger partial charge in [0.1, 0.15) is 0 Å². The fraction of sp³-hybridized carbons (Fsp3) is 0.261. The Labute approximate surface area is 176 Å². The van der Waals surface area contributed by atoms with E-state index in [1.165, 1.54) is 0 Å². The number of rotatable bonds is 4. The van der Waals surface area contributed by atoms with Crippen LogP contribution in [0.4, 0.5) is 5.95 Å². The molecule has 6 heteroatoms. The summed E-state index contributed by atoms with van der Waals surface area (Å²) >= 11 is 6.23. The Bertz CT molecular complexity index is 1020. The lowest BCUT2D eigenvalue weighted by atomic mass is 9.99. The van der Waals surface area contributed by atoms with Crippen molar-refractivity contribution < 1.29 is 4.79 Å². The van der Waals surface area contributed by atoms with Gasteiger partial charge in [0.2, 0.25) is 5.95 Å². The molecule has 1 aliphatic rings. The van der Waals surface area contributed by atoms with E-state index >= 15 is 0 Å². The van der Waals surface area contributed by atoms with Crippen LogP contribution in [0, 0.1) is 0 Å². The third kappa shape index (κ3) is 3.96. The lowest BCUT2D eigenvalue weighted by Crippen LogP contribution is -2.31. The highest BCUT2D eigenvalue weighted by Gasteiger charge is 2.33. The molecule has 0 spiro atoms. The van der Waals surface area contributed by atoms with Crippen molar-refractivity contribution in [2.24, 2.45) is 0 Å². The van der Waals surface area contributed by atoms with E-state index in [0.717, 1.165) is 29.7 Å². The van der Waals surface area contributed by atoms with Crippen LogP contribution in [0.1, 0.15) is 34.9 Å². The number of hydrogen-bond acceptors (Lipinski definition) is 4. The Morgan fingerprint density at radius 3 is 2.66 bits per heavy atom. The zero-order chi connectivity index (χ0) is 20.4.